The molecule has 0 bridgehead atoms. The molecule has 0 fully saturated rings. The summed E-state index contributed by atoms with van der Waals surface area (Å²) in [4.78, 5) is 0. The van der Waals surface area contributed by atoms with Crippen LogP contribution in [0.4, 0.5) is 0 Å². The summed E-state index contributed by atoms with van der Waals surface area (Å²) >= 11 is 5.86. The number of halogens is 1. The first-order valence-electron chi connectivity index (χ1n) is 7.14. The molecule has 21 heavy (non-hydrogen) atoms. The smallest absolute Gasteiger partial charge is 0.119 e. The fraction of sp³-hybridized carbons (Fsp3) is 0.333. The summed E-state index contributed by atoms with van der Waals surface area (Å²) in [6.45, 7) is 7.92. The highest BCUT2D eigenvalue weighted by atomic mass is 35.5. The minimum Gasteiger partial charge on any atom is -0.489 e. The Morgan fingerprint density at radius 3 is 2.33 bits per heavy atom. The van der Waals surface area contributed by atoms with Gasteiger partial charge in [0.25, 0.3) is 0 Å². The Hall–Kier alpha value is -1.51. The van der Waals surface area contributed by atoms with E-state index in [1.807, 2.05) is 24.3 Å². The Labute approximate surface area is 132 Å². The number of hydrogen-bond donors (Lipinski definition) is 1. The lowest BCUT2D eigenvalue weighted by Gasteiger charge is -2.20. The molecule has 112 valence electrons. The molecule has 2 nitrogen and oxygen atoms in total. The van der Waals surface area contributed by atoms with E-state index in [4.69, 9.17) is 16.3 Å². The van der Waals surface area contributed by atoms with Gasteiger partial charge >= 0.3 is 0 Å². The molecular formula is C18H22ClNO. The van der Waals surface area contributed by atoms with Crippen molar-refractivity contribution in [2.24, 2.45) is 0 Å². The van der Waals surface area contributed by atoms with Crippen molar-refractivity contribution in [2.45, 2.75) is 39.5 Å². The fourth-order valence-corrected chi connectivity index (χ4v) is 2.02. The van der Waals surface area contributed by atoms with Crippen molar-refractivity contribution >= 4 is 11.6 Å². The molecule has 2 aromatic carbocycles. The molecule has 1 N–H and O–H groups in total. The van der Waals surface area contributed by atoms with E-state index in [1.54, 1.807) is 0 Å². The summed E-state index contributed by atoms with van der Waals surface area (Å²) < 4.78 is 5.77. The second kappa shape index (κ2) is 6.97. The fourth-order valence-electron chi connectivity index (χ4n) is 1.89. The Bertz CT molecular complexity index is 573. The summed E-state index contributed by atoms with van der Waals surface area (Å²) in [5, 5.41) is 4.21. The topological polar surface area (TPSA) is 21.3 Å². The van der Waals surface area contributed by atoms with E-state index in [2.05, 4.69) is 50.4 Å². The lowest BCUT2D eigenvalue weighted by atomic mass is 10.1. The maximum atomic E-state index is 5.86. The van der Waals surface area contributed by atoms with Crippen LogP contribution in [0.25, 0.3) is 0 Å². The monoisotopic (exact) mass is 303 g/mol. The van der Waals surface area contributed by atoms with Gasteiger partial charge in [-0.05, 0) is 56.2 Å². The van der Waals surface area contributed by atoms with E-state index in [0.29, 0.717) is 6.61 Å². The molecule has 2 rings (SSSR count). The number of nitrogens with one attached hydrogen (secondary N) is 1. The molecule has 0 spiro atoms. The summed E-state index contributed by atoms with van der Waals surface area (Å²) in [6, 6.07) is 15.9. The zero-order valence-corrected chi connectivity index (χ0v) is 13.6. The standard InChI is InChI=1S/C18H22ClNO/c1-18(2,3)20-12-14-5-4-6-15(11-14)13-21-17-9-7-16(19)8-10-17/h4-11,20H,12-13H2,1-3H3. The molecule has 0 saturated heterocycles. The van der Waals surface area contributed by atoms with Crippen LogP contribution in [0, 0.1) is 0 Å². The van der Waals surface area contributed by atoms with Gasteiger partial charge in [-0.2, -0.15) is 0 Å². The number of ether oxygens (including phenoxy) is 1. The highest BCUT2D eigenvalue weighted by molar-refractivity contribution is 6.30. The number of benzene rings is 2. The molecule has 0 saturated carbocycles. The second-order valence-corrected chi connectivity index (χ2v) is 6.60. The van der Waals surface area contributed by atoms with Crippen LogP contribution in [-0.4, -0.2) is 5.54 Å². The Kier molecular flexibility index (Phi) is 5.27. The molecule has 0 aliphatic rings. The first kappa shape index (κ1) is 15.9. The van der Waals surface area contributed by atoms with Gasteiger partial charge in [-0.3, -0.25) is 0 Å². The van der Waals surface area contributed by atoms with E-state index in [9.17, 15) is 0 Å². The van der Waals surface area contributed by atoms with Crippen LogP contribution in [0.15, 0.2) is 48.5 Å². The molecule has 0 aliphatic carbocycles. The maximum Gasteiger partial charge on any atom is 0.119 e. The van der Waals surface area contributed by atoms with Gasteiger partial charge in [0.1, 0.15) is 12.4 Å². The summed E-state index contributed by atoms with van der Waals surface area (Å²) in [6.07, 6.45) is 0. The van der Waals surface area contributed by atoms with Crippen molar-refractivity contribution in [3.05, 3.63) is 64.7 Å². The summed E-state index contributed by atoms with van der Waals surface area (Å²) in [7, 11) is 0. The largest absolute Gasteiger partial charge is 0.489 e. The van der Waals surface area contributed by atoms with Gasteiger partial charge in [0.05, 0.1) is 0 Å². The predicted molar refractivity (Wildman–Crippen MR) is 88.8 cm³/mol. The van der Waals surface area contributed by atoms with Crippen LogP contribution in [0.5, 0.6) is 5.75 Å². The maximum absolute atomic E-state index is 5.86. The predicted octanol–water partition coefficient (Wildman–Crippen LogP) is 4.81. The molecule has 3 heteroatoms. The molecule has 0 aromatic heterocycles. The third-order valence-corrected chi connectivity index (χ3v) is 3.29. The van der Waals surface area contributed by atoms with Crippen LogP contribution in [0.1, 0.15) is 31.9 Å². The van der Waals surface area contributed by atoms with Crippen molar-refractivity contribution in [1.82, 2.24) is 5.32 Å². The van der Waals surface area contributed by atoms with Gasteiger partial charge in [0.15, 0.2) is 0 Å². The SMILES string of the molecule is CC(C)(C)NCc1cccc(COc2ccc(Cl)cc2)c1. The van der Waals surface area contributed by atoms with Crippen LogP contribution < -0.4 is 10.1 Å². The van der Waals surface area contributed by atoms with Gasteiger partial charge < -0.3 is 10.1 Å². The molecule has 0 amide bonds. The second-order valence-electron chi connectivity index (χ2n) is 6.17. The Morgan fingerprint density at radius 1 is 1.00 bits per heavy atom. The van der Waals surface area contributed by atoms with Gasteiger partial charge in [-0.25, -0.2) is 0 Å². The Balaban J connectivity index is 1.93. The Morgan fingerprint density at radius 2 is 1.67 bits per heavy atom. The van der Waals surface area contributed by atoms with Crippen LogP contribution >= 0.6 is 11.6 Å². The highest BCUT2D eigenvalue weighted by Gasteiger charge is 2.08. The summed E-state index contributed by atoms with van der Waals surface area (Å²) in [5.74, 6) is 0.831. The lowest BCUT2D eigenvalue weighted by Crippen LogP contribution is -2.35. The molecule has 0 heterocycles. The minimum absolute atomic E-state index is 0.121. The molecular weight excluding hydrogens is 282 g/mol. The van der Waals surface area contributed by atoms with Crippen LogP contribution in [0.3, 0.4) is 0 Å². The van der Waals surface area contributed by atoms with E-state index >= 15 is 0 Å². The quantitative estimate of drug-likeness (QED) is 0.856. The third-order valence-electron chi connectivity index (χ3n) is 3.03. The van der Waals surface area contributed by atoms with E-state index in [-0.39, 0.29) is 5.54 Å². The van der Waals surface area contributed by atoms with Gasteiger partial charge in [0, 0.05) is 17.1 Å². The first-order valence-corrected chi connectivity index (χ1v) is 7.51. The molecule has 2 aromatic rings. The van der Waals surface area contributed by atoms with Crippen molar-refractivity contribution < 1.29 is 4.74 Å². The lowest BCUT2D eigenvalue weighted by molar-refractivity contribution is 0.306. The van der Waals surface area contributed by atoms with E-state index in [1.165, 1.54) is 5.56 Å². The average molecular weight is 304 g/mol. The van der Waals surface area contributed by atoms with Gasteiger partial charge in [-0.15, -0.1) is 0 Å². The molecule has 0 atom stereocenters. The van der Waals surface area contributed by atoms with Crippen molar-refractivity contribution in [3.8, 4) is 5.75 Å². The van der Waals surface area contributed by atoms with Crippen molar-refractivity contribution in [1.29, 1.82) is 0 Å². The zero-order chi connectivity index (χ0) is 15.3. The first-order chi connectivity index (χ1) is 9.92. The van der Waals surface area contributed by atoms with Gasteiger partial charge in [0.2, 0.25) is 0 Å². The van der Waals surface area contributed by atoms with Gasteiger partial charge in [-0.1, -0.05) is 35.9 Å². The number of hydrogen-bond acceptors (Lipinski definition) is 2. The van der Waals surface area contributed by atoms with Crippen molar-refractivity contribution in [2.75, 3.05) is 0 Å². The average Bonchev–Trinajstić information content (AvgIpc) is 2.44. The van der Waals surface area contributed by atoms with Crippen LogP contribution in [0.2, 0.25) is 5.02 Å². The number of rotatable bonds is 5. The van der Waals surface area contributed by atoms with E-state index in [0.717, 1.165) is 22.9 Å². The molecule has 0 aliphatic heterocycles. The zero-order valence-electron chi connectivity index (χ0n) is 12.8. The van der Waals surface area contributed by atoms with E-state index < -0.39 is 0 Å². The minimum atomic E-state index is 0.121. The van der Waals surface area contributed by atoms with Crippen molar-refractivity contribution in [3.63, 3.8) is 0 Å². The highest BCUT2D eigenvalue weighted by Crippen LogP contribution is 2.17. The third kappa shape index (κ3) is 5.78. The van der Waals surface area contributed by atoms with Crippen LogP contribution in [-0.2, 0) is 13.2 Å². The molecule has 0 radical (unpaired) electrons. The normalized spacial score (nSPS) is 11.4. The molecule has 0 unspecified atom stereocenters. The summed E-state index contributed by atoms with van der Waals surface area (Å²) in [5.41, 5.74) is 2.55.